The molecule has 3 aromatic rings. The zero-order valence-electron chi connectivity index (χ0n) is 13.0. The van der Waals surface area contributed by atoms with Gasteiger partial charge in [-0.25, -0.2) is 9.07 Å². The first-order valence-corrected chi connectivity index (χ1v) is 8.27. The van der Waals surface area contributed by atoms with Crippen molar-refractivity contribution in [3.63, 3.8) is 0 Å². The Hall–Kier alpha value is -2.37. The standard InChI is InChI=1S/C18H14Cl2FN3O/c19-13-4-1-3-12(9-13)11-24-17(7-8-22-24)23-18(25)10-14-15(20)5-2-6-16(14)21/h1-9H,10-11H2,(H,23,25). The van der Waals surface area contributed by atoms with E-state index in [0.717, 1.165) is 5.56 Å². The molecule has 1 aromatic heterocycles. The van der Waals surface area contributed by atoms with Crippen molar-refractivity contribution in [3.05, 3.63) is 81.7 Å². The van der Waals surface area contributed by atoms with Gasteiger partial charge in [0.25, 0.3) is 0 Å². The molecule has 0 saturated heterocycles. The van der Waals surface area contributed by atoms with Crippen LogP contribution in [0.4, 0.5) is 10.2 Å². The third-order valence-electron chi connectivity index (χ3n) is 3.60. The number of anilines is 1. The maximum absolute atomic E-state index is 13.8. The fourth-order valence-corrected chi connectivity index (χ4v) is 2.86. The lowest BCUT2D eigenvalue weighted by Gasteiger charge is -2.10. The highest BCUT2D eigenvalue weighted by atomic mass is 35.5. The second-order valence-corrected chi connectivity index (χ2v) is 6.27. The van der Waals surface area contributed by atoms with Gasteiger partial charge in [-0.2, -0.15) is 5.10 Å². The molecule has 3 rings (SSSR count). The second-order valence-electron chi connectivity index (χ2n) is 5.43. The molecular formula is C18H14Cl2FN3O. The van der Waals surface area contributed by atoms with Crippen LogP contribution in [0.5, 0.6) is 0 Å². The van der Waals surface area contributed by atoms with Crippen LogP contribution in [0.2, 0.25) is 10.0 Å². The molecule has 0 aliphatic carbocycles. The van der Waals surface area contributed by atoms with Crippen LogP contribution in [0, 0.1) is 5.82 Å². The summed E-state index contributed by atoms with van der Waals surface area (Å²) in [4.78, 5) is 12.2. The molecule has 0 spiro atoms. The van der Waals surface area contributed by atoms with Gasteiger partial charge in [0.1, 0.15) is 11.6 Å². The molecule has 0 aliphatic heterocycles. The molecular weight excluding hydrogens is 364 g/mol. The van der Waals surface area contributed by atoms with Gasteiger partial charge in [-0.1, -0.05) is 41.4 Å². The molecule has 0 atom stereocenters. The summed E-state index contributed by atoms with van der Waals surface area (Å²) in [5.41, 5.74) is 1.12. The second kappa shape index (κ2) is 7.68. The van der Waals surface area contributed by atoms with Gasteiger partial charge >= 0.3 is 0 Å². The Labute approximate surface area is 154 Å². The van der Waals surface area contributed by atoms with Crippen LogP contribution in [0.15, 0.2) is 54.7 Å². The molecule has 4 nitrogen and oxygen atoms in total. The highest BCUT2D eigenvalue weighted by Crippen LogP contribution is 2.20. The molecule has 25 heavy (non-hydrogen) atoms. The SMILES string of the molecule is O=C(Cc1c(F)cccc1Cl)Nc1ccnn1Cc1cccc(Cl)c1. The molecule has 1 heterocycles. The van der Waals surface area contributed by atoms with Gasteiger partial charge in [0.05, 0.1) is 19.2 Å². The Morgan fingerprint density at radius 3 is 2.72 bits per heavy atom. The van der Waals surface area contributed by atoms with E-state index in [4.69, 9.17) is 23.2 Å². The van der Waals surface area contributed by atoms with E-state index in [0.29, 0.717) is 17.4 Å². The predicted octanol–water partition coefficient (Wildman–Crippen LogP) is 4.56. The van der Waals surface area contributed by atoms with Crippen LogP contribution in [0.1, 0.15) is 11.1 Å². The number of hydrogen-bond donors (Lipinski definition) is 1. The van der Waals surface area contributed by atoms with Crippen LogP contribution in [-0.2, 0) is 17.8 Å². The van der Waals surface area contributed by atoms with Gasteiger partial charge in [-0.15, -0.1) is 0 Å². The molecule has 128 valence electrons. The van der Waals surface area contributed by atoms with E-state index in [1.807, 2.05) is 18.2 Å². The minimum atomic E-state index is -0.505. The summed E-state index contributed by atoms with van der Waals surface area (Å²) in [5.74, 6) is -0.368. The number of carbonyl (C=O) groups is 1. The van der Waals surface area contributed by atoms with Crippen LogP contribution >= 0.6 is 23.2 Å². The number of hydrogen-bond acceptors (Lipinski definition) is 2. The topological polar surface area (TPSA) is 46.9 Å². The molecule has 7 heteroatoms. The molecule has 0 aliphatic rings. The third-order valence-corrected chi connectivity index (χ3v) is 4.19. The summed E-state index contributed by atoms with van der Waals surface area (Å²) in [5, 5.41) is 7.78. The van der Waals surface area contributed by atoms with Crippen molar-refractivity contribution < 1.29 is 9.18 Å². The summed E-state index contributed by atoms with van der Waals surface area (Å²) in [7, 11) is 0. The molecule has 1 amide bonds. The first kappa shape index (κ1) is 17.5. The zero-order valence-corrected chi connectivity index (χ0v) is 14.6. The number of carbonyl (C=O) groups excluding carboxylic acids is 1. The monoisotopic (exact) mass is 377 g/mol. The van der Waals surface area contributed by atoms with Gasteiger partial charge in [0, 0.05) is 21.7 Å². The number of amides is 1. The van der Waals surface area contributed by atoms with E-state index in [-0.39, 0.29) is 22.9 Å². The van der Waals surface area contributed by atoms with Gasteiger partial charge in [-0.3, -0.25) is 4.79 Å². The summed E-state index contributed by atoms with van der Waals surface area (Å²) >= 11 is 11.9. The fourth-order valence-electron chi connectivity index (χ4n) is 2.42. The molecule has 0 radical (unpaired) electrons. The minimum Gasteiger partial charge on any atom is -0.311 e. The van der Waals surface area contributed by atoms with Gasteiger partial charge in [-0.05, 0) is 29.8 Å². The quantitative estimate of drug-likeness (QED) is 0.708. The maximum Gasteiger partial charge on any atom is 0.230 e. The number of nitrogens with one attached hydrogen (secondary N) is 1. The van der Waals surface area contributed by atoms with Crippen molar-refractivity contribution in [2.24, 2.45) is 0 Å². The third kappa shape index (κ3) is 4.38. The van der Waals surface area contributed by atoms with Crippen molar-refractivity contribution in [3.8, 4) is 0 Å². The smallest absolute Gasteiger partial charge is 0.230 e. The Morgan fingerprint density at radius 2 is 1.96 bits per heavy atom. The Balaban J connectivity index is 1.71. The Bertz CT molecular complexity index is 891. The number of halogens is 3. The van der Waals surface area contributed by atoms with Gasteiger partial charge in [0.15, 0.2) is 0 Å². The van der Waals surface area contributed by atoms with Crippen molar-refractivity contribution >= 4 is 34.9 Å². The Kier molecular flexibility index (Phi) is 5.36. The van der Waals surface area contributed by atoms with Crippen molar-refractivity contribution in [2.75, 3.05) is 5.32 Å². The number of nitrogens with zero attached hydrogens (tertiary/aromatic N) is 2. The van der Waals surface area contributed by atoms with E-state index in [2.05, 4.69) is 10.4 Å². The predicted molar refractivity (Wildman–Crippen MR) is 96.5 cm³/mol. The first-order valence-electron chi connectivity index (χ1n) is 7.52. The zero-order chi connectivity index (χ0) is 17.8. The summed E-state index contributed by atoms with van der Waals surface area (Å²) in [6, 6.07) is 13.4. The van der Waals surface area contributed by atoms with E-state index >= 15 is 0 Å². The van der Waals surface area contributed by atoms with Gasteiger partial charge < -0.3 is 5.32 Å². The molecule has 0 saturated carbocycles. The molecule has 0 unspecified atom stereocenters. The van der Waals surface area contributed by atoms with Crippen molar-refractivity contribution in [1.29, 1.82) is 0 Å². The molecule has 0 fully saturated rings. The van der Waals surface area contributed by atoms with Crippen LogP contribution < -0.4 is 5.32 Å². The van der Waals surface area contributed by atoms with E-state index in [1.165, 1.54) is 12.1 Å². The molecule has 2 aromatic carbocycles. The lowest BCUT2D eigenvalue weighted by atomic mass is 10.1. The van der Waals surface area contributed by atoms with Crippen LogP contribution in [0.25, 0.3) is 0 Å². The average molecular weight is 378 g/mol. The normalized spacial score (nSPS) is 10.7. The highest BCUT2D eigenvalue weighted by Gasteiger charge is 2.14. The van der Waals surface area contributed by atoms with Gasteiger partial charge in [0.2, 0.25) is 5.91 Å². The fraction of sp³-hybridized carbons (Fsp3) is 0.111. The van der Waals surface area contributed by atoms with Crippen molar-refractivity contribution in [2.45, 2.75) is 13.0 Å². The van der Waals surface area contributed by atoms with E-state index in [1.54, 1.807) is 29.1 Å². The largest absolute Gasteiger partial charge is 0.311 e. The number of benzene rings is 2. The lowest BCUT2D eigenvalue weighted by molar-refractivity contribution is -0.115. The summed E-state index contributed by atoms with van der Waals surface area (Å²) in [6.07, 6.45) is 1.42. The first-order chi connectivity index (χ1) is 12.0. The van der Waals surface area contributed by atoms with E-state index in [9.17, 15) is 9.18 Å². The summed E-state index contributed by atoms with van der Waals surface area (Å²) < 4.78 is 15.4. The summed E-state index contributed by atoms with van der Waals surface area (Å²) in [6.45, 7) is 0.448. The highest BCUT2D eigenvalue weighted by molar-refractivity contribution is 6.31. The maximum atomic E-state index is 13.8. The number of rotatable bonds is 5. The lowest BCUT2D eigenvalue weighted by Crippen LogP contribution is -2.18. The molecule has 1 N–H and O–H groups in total. The number of aromatic nitrogens is 2. The van der Waals surface area contributed by atoms with Crippen LogP contribution in [-0.4, -0.2) is 15.7 Å². The van der Waals surface area contributed by atoms with E-state index < -0.39 is 5.82 Å². The molecule has 0 bridgehead atoms. The van der Waals surface area contributed by atoms with Crippen molar-refractivity contribution in [1.82, 2.24) is 9.78 Å². The average Bonchev–Trinajstić information content (AvgIpc) is 2.98. The minimum absolute atomic E-state index is 0.159. The Morgan fingerprint density at radius 1 is 1.16 bits per heavy atom. The van der Waals surface area contributed by atoms with Crippen LogP contribution in [0.3, 0.4) is 0 Å².